The third-order valence-corrected chi connectivity index (χ3v) is 3.17. The van der Waals surface area contributed by atoms with Gasteiger partial charge in [0.2, 0.25) is 0 Å². The lowest BCUT2D eigenvalue weighted by atomic mass is 10.2. The average Bonchev–Trinajstić information content (AvgIpc) is 2.45. The van der Waals surface area contributed by atoms with Gasteiger partial charge in [0.05, 0.1) is 24.5 Å². The molecule has 2 N–H and O–H groups in total. The molecular formula is C13H19FN4O2. The molecule has 0 saturated carbocycles. The molecule has 1 amide bonds. The summed E-state index contributed by atoms with van der Waals surface area (Å²) in [5.74, 6) is -0.549. The van der Waals surface area contributed by atoms with Gasteiger partial charge in [-0.05, 0) is 13.1 Å². The predicted molar refractivity (Wildman–Crippen MR) is 73.3 cm³/mol. The van der Waals surface area contributed by atoms with E-state index in [0.29, 0.717) is 19.0 Å². The highest BCUT2D eigenvalue weighted by Gasteiger charge is 2.20. The maximum atomic E-state index is 13.2. The van der Waals surface area contributed by atoms with E-state index in [-0.39, 0.29) is 17.6 Å². The first-order valence-corrected chi connectivity index (χ1v) is 6.52. The Bertz CT molecular complexity index is 483. The van der Waals surface area contributed by atoms with Crippen LogP contribution in [-0.2, 0) is 4.74 Å². The lowest BCUT2D eigenvalue weighted by molar-refractivity contribution is -0.0175. The van der Waals surface area contributed by atoms with E-state index in [1.807, 2.05) is 7.05 Å². The number of hydrogen-bond acceptors (Lipinski definition) is 5. The molecule has 0 aliphatic carbocycles. The summed E-state index contributed by atoms with van der Waals surface area (Å²) < 4.78 is 18.7. The van der Waals surface area contributed by atoms with E-state index in [9.17, 15) is 9.18 Å². The largest absolute Gasteiger partial charge is 0.374 e. The molecule has 1 aliphatic heterocycles. The molecule has 1 fully saturated rings. The standard InChI is InChI=1S/C13H19FN4O2/c1-15-12-11(5-9(14)6-16-12)13(19)17-7-10-8-18(2)3-4-20-10/h5-6,10H,3-4,7-8H2,1-2H3,(H,15,16)(H,17,19). The highest BCUT2D eigenvalue weighted by atomic mass is 19.1. The highest BCUT2D eigenvalue weighted by Crippen LogP contribution is 2.13. The van der Waals surface area contributed by atoms with Gasteiger partial charge in [-0.1, -0.05) is 0 Å². The average molecular weight is 282 g/mol. The number of nitrogens with zero attached hydrogens (tertiary/aromatic N) is 2. The van der Waals surface area contributed by atoms with Gasteiger partial charge in [0.25, 0.3) is 5.91 Å². The molecule has 1 aliphatic rings. The van der Waals surface area contributed by atoms with E-state index in [4.69, 9.17) is 4.74 Å². The second kappa shape index (κ2) is 6.62. The lowest BCUT2D eigenvalue weighted by Gasteiger charge is -2.30. The summed E-state index contributed by atoms with van der Waals surface area (Å²) >= 11 is 0. The maximum absolute atomic E-state index is 13.2. The second-order valence-corrected chi connectivity index (χ2v) is 4.76. The van der Waals surface area contributed by atoms with E-state index < -0.39 is 5.82 Å². The van der Waals surface area contributed by atoms with Crippen LogP contribution in [0, 0.1) is 5.82 Å². The van der Waals surface area contributed by atoms with Crippen LogP contribution in [0.15, 0.2) is 12.3 Å². The van der Waals surface area contributed by atoms with Crippen molar-refractivity contribution in [2.24, 2.45) is 0 Å². The Morgan fingerprint density at radius 2 is 2.45 bits per heavy atom. The molecule has 6 nitrogen and oxygen atoms in total. The number of halogens is 1. The number of ether oxygens (including phenoxy) is 1. The van der Waals surface area contributed by atoms with E-state index in [0.717, 1.165) is 19.3 Å². The van der Waals surface area contributed by atoms with E-state index in [2.05, 4.69) is 20.5 Å². The number of carbonyl (C=O) groups excluding carboxylic acids is 1. The molecule has 1 atom stereocenters. The third kappa shape index (κ3) is 3.64. The van der Waals surface area contributed by atoms with Crippen molar-refractivity contribution in [3.05, 3.63) is 23.6 Å². The molecule has 2 rings (SSSR count). The van der Waals surface area contributed by atoms with Crippen molar-refractivity contribution in [3.8, 4) is 0 Å². The van der Waals surface area contributed by atoms with Crippen LogP contribution in [0.4, 0.5) is 10.2 Å². The zero-order chi connectivity index (χ0) is 14.5. The minimum atomic E-state index is -0.539. The van der Waals surface area contributed by atoms with Crippen LogP contribution in [-0.4, -0.2) is 62.2 Å². The summed E-state index contributed by atoms with van der Waals surface area (Å²) in [5.41, 5.74) is 0.191. The number of amides is 1. The minimum absolute atomic E-state index is 0.0442. The summed E-state index contributed by atoms with van der Waals surface area (Å²) in [4.78, 5) is 18.1. The monoisotopic (exact) mass is 282 g/mol. The van der Waals surface area contributed by atoms with Gasteiger partial charge in [-0.2, -0.15) is 0 Å². The Morgan fingerprint density at radius 3 is 3.15 bits per heavy atom. The summed E-state index contributed by atoms with van der Waals surface area (Å²) in [6.07, 6.45) is 1.03. The summed E-state index contributed by atoms with van der Waals surface area (Å²) in [6.45, 7) is 2.70. The van der Waals surface area contributed by atoms with Gasteiger partial charge in [-0.15, -0.1) is 0 Å². The summed E-state index contributed by atoms with van der Waals surface area (Å²) in [7, 11) is 3.64. The van der Waals surface area contributed by atoms with Crippen LogP contribution in [0.25, 0.3) is 0 Å². The van der Waals surface area contributed by atoms with Gasteiger partial charge in [-0.3, -0.25) is 4.79 Å². The maximum Gasteiger partial charge on any atom is 0.255 e. The Kier molecular flexibility index (Phi) is 4.86. The van der Waals surface area contributed by atoms with Gasteiger partial charge in [0.15, 0.2) is 0 Å². The first-order chi connectivity index (χ1) is 9.60. The van der Waals surface area contributed by atoms with Crippen molar-refractivity contribution in [2.45, 2.75) is 6.10 Å². The summed E-state index contributed by atoms with van der Waals surface area (Å²) in [6, 6.07) is 1.17. The Hall–Kier alpha value is -1.73. The zero-order valence-electron chi connectivity index (χ0n) is 11.6. The zero-order valence-corrected chi connectivity index (χ0v) is 11.6. The van der Waals surface area contributed by atoms with Gasteiger partial charge in [-0.25, -0.2) is 9.37 Å². The van der Waals surface area contributed by atoms with Gasteiger partial charge in [0.1, 0.15) is 11.6 Å². The Morgan fingerprint density at radius 1 is 1.65 bits per heavy atom. The number of rotatable bonds is 4. The summed E-state index contributed by atoms with van der Waals surface area (Å²) in [5, 5.41) is 5.52. The number of aromatic nitrogens is 1. The molecule has 1 aromatic heterocycles. The topological polar surface area (TPSA) is 66.5 Å². The molecule has 20 heavy (non-hydrogen) atoms. The smallest absolute Gasteiger partial charge is 0.255 e. The van der Waals surface area contributed by atoms with Crippen LogP contribution in [0.1, 0.15) is 10.4 Å². The van der Waals surface area contributed by atoms with Crippen molar-refractivity contribution in [3.63, 3.8) is 0 Å². The number of morpholine rings is 1. The van der Waals surface area contributed by atoms with Crippen LogP contribution >= 0.6 is 0 Å². The molecule has 2 heterocycles. The molecule has 0 spiro atoms. The van der Waals surface area contributed by atoms with Crippen molar-refractivity contribution in [1.82, 2.24) is 15.2 Å². The molecule has 0 aromatic carbocycles. The Labute approximate surface area is 117 Å². The fraction of sp³-hybridized carbons (Fsp3) is 0.538. The quantitative estimate of drug-likeness (QED) is 0.833. The van der Waals surface area contributed by atoms with Crippen LogP contribution in [0.2, 0.25) is 0 Å². The molecular weight excluding hydrogens is 263 g/mol. The van der Waals surface area contributed by atoms with E-state index in [1.165, 1.54) is 6.07 Å². The second-order valence-electron chi connectivity index (χ2n) is 4.76. The lowest BCUT2D eigenvalue weighted by Crippen LogP contribution is -2.46. The fourth-order valence-corrected chi connectivity index (χ4v) is 2.10. The van der Waals surface area contributed by atoms with Gasteiger partial charge in [0, 0.05) is 26.7 Å². The van der Waals surface area contributed by atoms with Gasteiger partial charge < -0.3 is 20.3 Å². The number of hydrogen-bond donors (Lipinski definition) is 2. The van der Waals surface area contributed by atoms with Crippen molar-refractivity contribution in [1.29, 1.82) is 0 Å². The van der Waals surface area contributed by atoms with Crippen LogP contribution in [0.3, 0.4) is 0 Å². The number of carbonyl (C=O) groups is 1. The van der Waals surface area contributed by atoms with E-state index >= 15 is 0 Å². The minimum Gasteiger partial charge on any atom is -0.374 e. The SMILES string of the molecule is CNc1ncc(F)cc1C(=O)NCC1CN(C)CCO1. The number of nitrogens with one attached hydrogen (secondary N) is 2. The van der Waals surface area contributed by atoms with Crippen molar-refractivity contribution >= 4 is 11.7 Å². The number of pyridine rings is 1. The third-order valence-electron chi connectivity index (χ3n) is 3.17. The van der Waals surface area contributed by atoms with Gasteiger partial charge >= 0.3 is 0 Å². The first kappa shape index (κ1) is 14.7. The predicted octanol–water partition coefficient (Wildman–Crippen LogP) is 0.323. The highest BCUT2D eigenvalue weighted by molar-refractivity contribution is 5.98. The molecule has 1 saturated heterocycles. The fourth-order valence-electron chi connectivity index (χ4n) is 2.10. The number of anilines is 1. The number of likely N-dealkylation sites (N-methyl/N-ethyl adjacent to an activating group) is 1. The Balaban J connectivity index is 1.96. The first-order valence-electron chi connectivity index (χ1n) is 6.52. The molecule has 110 valence electrons. The van der Waals surface area contributed by atoms with Crippen LogP contribution < -0.4 is 10.6 Å². The molecule has 1 aromatic rings. The van der Waals surface area contributed by atoms with Crippen LogP contribution in [0.5, 0.6) is 0 Å². The molecule has 1 unspecified atom stereocenters. The van der Waals surface area contributed by atoms with Crippen molar-refractivity contribution < 1.29 is 13.9 Å². The van der Waals surface area contributed by atoms with Crippen molar-refractivity contribution in [2.75, 3.05) is 45.7 Å². The van der Waals surface area contributed by atoms with E-state index in [1.54, 1.807) is 7.05 Å². The molecule has 7 heteroatoms. The molecule has 0 radical (unpaired) electrons. The normalized spacial score (nSPS) is 19.6. The molecule has 0 bridgehead atoms.